The maximum absolute atomic E-state index is 12.5. The minimum absolute atomic E-state index is 0.102. The highest BCUT2D eigenvalue weighted by molar-refractivity contribution is 9.10. The first kappa shape index (κ1) is 18.2. The van der Waals surface area contributed by atoms with E-state index in [0.29, 0.717) is 11.4 Å². The maximum atomic E-state index is 12.5. The summed E-state index contributed by atoms with van der Waals surface area (Å²) in [6, 6.07) is 6.31. The van der Waals surface area contributed by atoms with E-state index in [1.54, 1.807) is 12.1 Å². The Labute approximate surface area is 161 Å². The molecule has 1 aromatic heterocycles. The zero-order valence-electron chi connectivity index (χ0n) is 13.3. The lowest BCUT2D eigenvalue weighted by Gasteiger charge is -2.24. The lowest BCUT2D eigenvalue weighted by atomic mass is 10.1. The fraction of sp³-hybridized carbons (Fsp3) is 0.250. The van der Waals surface area contributed by atoms with Gasteiger partial charge in [-0.15, -0.1) is 11.8 Å². The molecule has 3 rings (SSSR count). The topological polar surface area (TPSA) is 76.3 Å². The number of halogens is 2. The van der Waals surface area contributed by atoms with E-state index >= 15 is 0 Å². The summed E-state index contributed by atoms with van der Waals surface area (Å²) in [6.45, 7) is 3.74. The molecule has 1 aliphatic rings. The molecular weight excluding hydrogens is 430 g/mol. The molecule has 1 saturated heterocycles. The predicted molar refractivity (Wildman–Crippen MR) is 102 cm³/mol. The van der Waals surface area contributed by atoms with Gasteiger partial charge >= 0.3 is 0 Å². The van der Waals surface area contributed by atoms with Gasteiger partial charge in [-0.05, 0) is 47.5 Å². The van der Waals surface area contributed by atoms with Crippen LogP contribution in [0.25, 0.3) is 0 Å². The summed E-state index contributed by atoms with van der Waals surface area (Å²) in [5.74, 6) is 0.522. The van der Waals surface area contributed by atoms with Crippen molar-refractivity contribution in [3.63, 3.8) is 0 Å². The van der Waals surface area contributed by atoms with Gasteiger partial charge in [-0.25, -0.2) is 4.98 Å². The van der Waals surface area contributed by atoms with Crippen molar-refractivity contribution in [1.29, 1.82) is 0 Å². The number of hydrogen-bond acceptors (Lipinski definition) is 5. The fourth-order valence-corrected chi connectivity index (χ4v) is 4.50. The van der Waals surface area contributed by atoms with Gasteiger partial charge < -0.3 is 0 Å². The number of aromatic nitrogens is 1. The van der Waals surface area contributed by atoms with E-state index in [1.165, 1.54) is 28.8 Å². The second kappa shape index (κ2) is 6.93. The molecule has 0 saturated carbocycles. The van der Waals surface area contributed by atoms with Crippen LogP contribution in [0.3, 0.4) is 0 Å². The van der Waals surface area contributed by atoms with Crippen LogP contribution in [0.5, 0.6) is 0 Å². The third kappa shape index (κ3) is 3.26. The molecule has 2 aromatic rings. The number of carbonyl (C=O) groups is 1. The lowest BCUT2D eigenvalue weighted by Crippen LogP contribution is -2.29. The molecule has 1 aliphatic heterocycles. The van der Waals surface area contributed by atoms with Crippen LogP contribution in [0.1, 0.15) is 22.2 Å². The largest absolute Gasteiger partial charge is 0.279 e. The number of nitro benzene ring substituents is 1. The molecule has 130 valence electrons. The Morgan fingerprint density at radius 3 is 2.80 bits per heavy atom. The SMILES string of the molecule is Cc1cc(N2C(=O)CSC2c2c(Cl)cccc2[N+](=O)[O-])nc(C)c1Br. The highest BCUT2D eigenvalue weighted by Gasteiger charge is 2.40. The third-order valence-corrected chi connectivity index (χ3v) is 6.58. The molecular formula is C16H13BrClN3O3S. The van der Waals surface area contributed by atoms with Crippen molar-refractivity contribution in [3.8, 4) is 0 Å². The van der Waals surface area contributed by atoms with Crippen molar-refractivity contribution >= 4 is 56.7 Å². The monoisotopic (exact) mass is 441 g/mol. The number of benzene rings is 1. The van der Waals surface area contributed by atoms with E-state index in [1.807, 2.05) is 13.8 Å². The summed E-state index contributed by atoms with van der Waals surface area (Å²) in [6.07, 6.45) is 0. The summed E-state index contributed by atoms with van der Waals surface area (Å²) in [7, 11) is 0. The molecule has 6 nitrogen and oxygen atoms in total. The molecule has 1 aromatic carbocycles. The Bertz CT molecular complexity index is 870. The second-order valence-corrected chi connectivity index (χ2v) is 7.82. The van der Waals surface area contributed by atoms with Gasteiger partial charge in [-0.2, -0.15) is 0 Å². The smallest absolute Gasteiger partial charge is 0.277 e. The maximum Gasteiger partial charge on any atom is 0.277 e. The van der Waals surface area contributed by atoms with Gasteiger partial charge in [0.05, 0.1) is 27.0 Å². The molecule has 9 heteroatoms. The number of nitrogens with zero attached hydrogens (tertiary/aromatic N) is 3. The lowest BCUT2D eigenvalue weighted by molar-refractivity contribution is -0.385. The molecule has 0 aliphatic carbocycles. The Morgan fingerprint density at radius 2 is 2.16 bits per heavy atom. The predicted octanol–water partition coefficient (Wildman–Crippen LogP) is 4.80. The van der Waals surface area contributed by atoms with Crippen LogP contribution in [0, 0.1) is 24.0 Å². The Kier molecular flexibility index (Phi) is 5.04. The normalized spacial score (nSPS) is 17.2. The minimum Gasteiger partial charge on any atom is -0.279 e. The number of aryl methyl sites for hydroxylation is 2. The van der Waals surface area contributed by atoms with E-state index in [4.69, 9.17) is 11.6 Å². The molecule has 0 N–H and O–H groups in total. The van der Waals surface area contributed by atoms with Gasteiger partial charge in [0.15, 0.2) is 0 Å². The van der Waals surface area contributed by atoms with Crippen molar-refractivity contribution < 1.29 is 9.72 Å². The molecule has 0 bridgehead atoms. The average Bonchev–Trinajstić information content (AvgIpc) is 2.93. The summed E-state index contributed by atoms with van der Waals surface area (Å²) in [5, 5.41) is 11.1. The van der Waals surface area contributed by atoms with Crippen LogP contribution >= 0.6 is 39.3 Å². The van der Waals surface area contributed by atoms with Gasteiger partial charge in [-0.3, -0.25) is 19.8 Å². The van der Waals surface area contributed by atoms with Crippen molar-refractivity contribution in [3.05, 3.63) is 60.7 Å². The quantitative estimate of drug-likeness (QED) is 0.504. The highest BCUT2D eigenvalue weighted by Crippen LogP contribution is 2.47. The Hall–Kier alpha value is -1.64. The number of anilines is 1. The molecule has 2 heterocycles. The molecule has 1 unspecified atom stereocenters. The van der Waals surface area contributed by atoms with Gasteiger partial charge in [0.25, 0.3) is 5.69 Å². The summed E-state index contributed by atoms with van der Waals surface area (Å²) in [4.78, 5) is 29.4. The van der Waals surface area contributed by atoms with Crippen LogP contribution < -0.4 is 4.90 Å². The van der Waals surface area contributed by atoms with Crippen LogP contribution in [0.15, 0.2) is 28.7 Å². The van der Waals surface area contributed by atoms with E-state index in [-0.39, 0.29) is 22.4 Å². The van der Waals surface area contributed by atoms with E-state index in [9.17, 15) is 14.9 Å². The first-order valence-corrected chi connectivity index (χ1v) is 9.53. The standard InChI is InChI=1S/C16H13BrClN3O3S/c1-8-6-12(19-9(2)15(8)17)20-13(22)7-25-16(20)14-10(18)4-3-5-11(14)21(23)24/h3-6,16H,7H2,1-2H3. The molecule has 1 amide bonds. The first-order chi connectivity index (χ1) is 11.8. The number of pyridine rings is 1. The zero-order chi connectivity index (χ0) is 18.3. The van der Waals surface area contributed by atoms with Crippen molar-refractivity contribution in [2.75, 3.05) is 10.7 Å². The van der Waals surface area contributed by atoms with Crippen molar-refractivity contribution in [2.45, 2.75) is 19.2 Å². The zero-order valence-corrected chi connectivity index (χ0v) is 16.5. The fourth-order valence-electron chi connectivity index (χ4n) is 2.73. The van der Waals surface area contributed by atoms with E-state index in [0.717, 1.165) is 15.7 Å². The van der Waals surface area contributed by atoms with Gasteiger partial charge in [-0.1, -0.05) is 17.7 Å². The summed E-state index contributed by atoms with van der Waals surface area (Å²) >= 11 is 11.0. The number of nitro groups is 1. The number of carbonyl (C=O) groups excluding carboxylic acids is 1. The Morgan fingerprint density at radius 1 is 1.44 bits per heavy atom. The summed E-state index contributed by atoms with van der Waals surface area (Å²) in [5.41, 5.74) is 1.90. The third-order valence-electron chi connectivity index (χ3n) is 3.88. The van der Waals surface area contributed by atoms with E-state index in [2.05, 4.69) is 20.9 Å². The number of thioether (sulfide) groups is 1. The van der Waals surface area contributed by atoms with E-state index < -0.39 is 10.3 Å². The second-order valence-electron chi connectivity index (χ2n) is 5.55. The molecule has 25 heavy (non-hydrogen) atoms. The van der Waals surface area contributed by atoms with Crippen LogP contribution in [-0.4, -0.2) is 21.6 Å². The number of rotatable bonds is 3. The number of hydrogen-bond donors (Lipinski definition) is 0. The molecule has 0 spiro atoms. The van der Waals surface area contributed by atoms with Gasteiger partial charge in [0.2, 0.25) is 5.91 Å². The Balaban J connectivity index is 2.15. The molecule has 1 fully saturated rings. The van der Waals surface area contributed by atoms with Gasteiger partial charge in [0, 0.05) is 10.5 Å². The summed E-state index contributed by atoms with van der Waals surface area (Å²) < 4.78 is 0.871. The van der Waals surface area contributed by atoms with Crippen LogP contribution in [0.2, 0.25) is 5.02 Å². The average molecular weight is 443 g/mol. The van der Waals surface area contributed by atoms with Gasteiger partial charge in [0.1, 0.15) is 11.2 Å². The van der Waals surface area contributed by atoms with Crippen LogP contribution in [0.4, 0.5) is 11.5 Å². The minimum atomic E-state index is -0.589. The molecule has 0 radical (unpaired) electrons. The number of amides is 1. The van der Waals surface area contributed by atoms with Crippen LogP contribution in [-0.2, 0) is 4.79 Å². The van der Waals surface area contributed by atoms with Crippen molar-refractivity contribution in [1.82, 2.24) is 4.98 Å². The molecule has 1 atom stereocenters. The van der Waals surface area contributed by atoms with Crippen molar-refractivity contribution in [2.24, 2.45) is 0 Å². The first-order valence-electron chi connectivity index (χ1n) is 7.31. The highest BCUT2D eigenvalue weighted by atomic mass is 79.9.